The topological polar surface area (TPSA) is 35.5 Å². The molecule has 4 saturated carbocycles. The standard InChI is InChI=1S/C26H28O3/c1-28-25(23-20-13-17-12-18(15-20)16-21(23)14-17)24(19-8-4-2-5-9-19)26(27)29-22-10-6-3-7-11-22/h2-11,17-18,20-21,23H,12-16H2,1H3. The monoisotopic (exact) mass is 388 g/mol. The molecule has 0 saturated heterocycles. The van der Waals surface area contributed by atoms with Crippen LogP contribution in [0.4, 0.5) is 0 Å². The maximum absolute atomic E-state index is 13.4. The summed E-state index contributed by atoms with van der Waals surface area (Å²) in [5.74, 6) is 4.41. The molecule has 3 nitrogen and oxygen atoms in total. The second-order valence-corrected chi connectivity index (χ2v) is 8.97. The van der Waals surface area contributed by atoms with Crippen LogP contribution in [0.2, 0.25) is 0 Å². The van der Waals surface area contributed by atoms with E-state index in [1.807, 2.05) is 60.7 Å². The predicted molar refractivity (Wildman–Crippen MR) is 113 cm³/mol. The van der Waals surface area contributed by atoms with E-state index in [2.05, 4.69) is 0 Å². The summed E-state index contributed by atoms with van der Waals surface area (Å²) in [7, 11) is 1.72. The number of rotatable bonds is 5. The van der Waals surface area contributed by atoms with Crippen LogP contribution in [0.1, 0.15) is 37.7 Å². The molecular weight excluding hydrogens is 360 g/mol. The molecule has 4 fully saturated rings. The molecule has 0 N–H and O–H groups in total. The lowest BCUT2D eigenvalue weighted by Gasteiger charge is -2.54. The number of allylic oxidation sites excluding steroid dienone is 1. The van der Waals surface area contributed by atoms with Crippen LogP contribution >= 0.6 is 0 Å². The van der Waals surface area contributed by atoms with Crippen molar-refractivity contribution in [1.82, 2.24) is 0 Å². The lowest BCUT2D eigenvalue weighted by Crippen LogP contribution is -2.46. The van der Waals surface area contributed by atoms with Crippen LogP contribution < -0.4 is 4.74 Å². The molecule has 150 valence electrons. The van der Waals surface area contributed by atoms with Crippen molar-refractivity contribution in [3.63, 3.8) is 0 Å². The van der Waals surface area contributed by atoms with Gasteiger partial charge in [0.25, 0.3) is 0 Å². The maximum Gasteiger partial charge on any atom is 0.347 e. The molecule has 29 heavy (non-hydrogen) atoms. The van der Waals surface area contributed by atoms with E-state index in [0.29, 0.717) is 29.1 Å². The molecule has 0 unspecified atom stereocenters. The van der Waals surface area contributed by atoms with Crippen molar-refractivity contribution in [2.75, 3.05) is 7.11 Å². The molecule has 3 heteroatoms. The van der Waals surface area contributed by atoms with Crippen LogP contribution in [0.15, 0.2) is 66.4 Å². The molecule has 0 atom stereocenters. The highest BCUT2D eigenvalue weighted by atomic mass is 16.5. The number of carbonyl (C=O) groups excluding carboxylic acids is 1. The fourth-order valence-corrected chi connectivity index (χ4v) is 6.37. The van der Waals surface area contributed by atoms with E-state index in [0.717, 1.165) is 23.2 Å². The lowest BCUT2D eigenvalue weighted by molar-refractivity contribution is -0.128. The normalized spacial score (nSPS) is 30.6. The molecule has 4 aliphatic rings. The molecule has 0 spiro atoms. The quantitative estimate of drug-likeness (QED) is 0.284. The summed E-state index contributed by atoms with van der Waals surface area (Å²) in [4.78, 5) is 13.4. The van der Waals surface area contributed by atoms with Gasteiger partial charge in [-0.05, 0) is 73.5 Å². The van der Waals surface area contributed by atoms with Gasteiger partial charge < -0.3 is 9.47 Å². The Morgan fingerprint density at radius 2 is 1.34 bits per heavy atom. The SMILES string of the molecule is COC(=C(C(=O)Oc1ccccc1)c1ccccc1)C1C2CC3CC(C2)CC1C3. The van der Waals surface area contributed by atoms with E-state index in [1.165, 1.54) is 32.1 Å². The third-order valence-electron chi connectivity index (χ3n) is 7.22. The summed E-state index contributed by atoms with van der Waals surface area (Å²) in [5, 5.41) is 0. The third-order valence-corrected chi connectivity index (χ3v) is 7.22. The van der Waals surface area contributed by atoms with Gasteiger partial charge in [0.15, 0.2) is 0 Å². The van der Waals surface area contributed by atoms with Gasteiger partial charge in [0.1, 0.15) is 17.1 Å². The zero-order valence-electron chi connectivity index (χ0n) is 16.9. The third kappa shape index (κ3) is 3.48. The molecule has 2 aromatic rings. The van der Waals surface area contributed by atoms with Crippen LogP contribution in [0, 0.1) is 29.6 Å². The van der Waals surface area contributed by atoms with E-state index in [1.54, 1.807) is 7.11 Å². The Labute approximate surface area is 172 Å². The predicted octanol–water partition coefficient (Wildman–Crippen LogP) is 5.72. The number of benzene rings is 2. The van der Waals surface area contributed by atoms with Crippen molar-refractivity contribution in [2.45, 2.75) is 32.1 Å². The van der Waals surface area contributed by atoms with Crippen LogP contribution in [-0.4, -0.2) is 13.1 Å². The first kappa shape index (κ1) is 18.5. The molecule has 2 aromatic carbocycles. The van der Waals surface area contributed by atoms with Crippen molar-refractivity contribution in [2.24, 2.45) is 29.6 Å². The number of esters is 1. The second-order valence-electron chi connectivity index (χ2n) is 8.97. The van der Waals surface area contributed by atoms with Gasteiger partial charge in [0.2, 0.25) is 0 Å². The van der Waals surface area contributed by atoms with Crippen molar-refractivity contribution in [1.29, 1.82) is 0 Å². The van der Waals surface area contributed by atoms with Gasteiger partial charge in [0, 0.05) is 5.92 Å². The summed E-state index contributed by atoms with van der Waals surface area (Å²) in [6, 6.07) is 19.2. The zero-order valence-corrected chi connectivity index (χ0v) is 16.9. The fraction of sp³-hybridized carbons (Fsp3) is 0.423. The van der Waals surface area contributed by atoms with E-state index in [4.69, 9.17) is 9.47 Å². The fourth-order valence-electron chi connectivity index (χ4n) is 6.37. The Hall–Kier alpha value is -2.55. The number of para-hydroxylation sites is 1. The van der Waals surface area contributed by atoms with Gasteiger partial charge in [-0.1, -0.05) is 48.5 Å². The first-order valence-corrected chi connectivity index (χ1v) is 10.8. The van der Waals surface area contributed by atoms with E-state index >= 15 is 0 Å². The summed E-state index contributed by atoms with van der Waals surface area (Å²) < 4.78 is 11.8. The smallest absolute Gasteiger partial charge is 0.347 e. The summed E-state index contributed by atoms with van der Waals surface area (Å²) in [5.41, 5.74) is 1.47. The Balaban J connectivity index is 1.56. The highest BCUT2D eigenvalue weighted by Gasteiger charge is 2.50. The Morgan fingerprint density at radius 3 is 1.90 bits per heavy atom. The van der Waals surface area contributed by atoms with E-state index in [9.17, 15) is 4.79 Å². The molecule has 4 bridgehead atoms. The number of hydrogen-bond donors (Lipinski definition) is 0. The number of ether oxygens (including phenoxy) is 2. The van der Waals surface area contributed by atoms with Crippen LogP contribution in [-0.2, 0) is 9.53 Å². The van der Waals surface area contributed by atoms with Gasteiger partial charge in [-0.15, -0.1) is 0 Å². The van der Waals surface area contributed by atoms with Crippen LogP contribution in [0.5, 0.6) is 5.75 Å². The van der Waals surface area contributed by atoms with Gasteiger partial charge in [-0.2, -0.15) is 0 Å². The van der Waals surface area contributed by atoms with Gasteiger partial charge in [0.05, 0.1) is 7.11 Å². The van der Waals surface area contributed by atoms with Gasteiger partial charge in [-0.3, -0.25) is 0 Å². The largest absolute Gasteiger partial charge is 0.500 e. The van der Waals surface area contributed by atoms with E-state index in [-0.39, 0.29) is 5.97 Å². The number of carbonyl (C=O) groups is 1. The summed E-state index contributed by atoms with van der Waals surface area (Å²) in [6.07, 6.45) is 6.52. The molecule has 6 rings (SSSR count). The first-order valence-electron chi connectivity index (χ1n) is 10.8. The first-order chi connectivity index (χ1) is 14.2. The number of hydrogen-bond acceptors (Lipinski definition) is 3. The Bertz CT molecular complexity index is 872. The Morgan fingerprint density at radius 1 is 0.793 bits per heavy atom. The van der Waals surface area contributed by atoms with Crippen molar-refractivity contribution < 1.29 is 14.3 Å². The highest BCUT2D eigenvalue weighted by molar-refractivity contribution is 6.18. The minimum atomic E-state index is -0.326. The molecule has 0 heterocycles. The molecule has 0 aromatic heterocycles. The molecule has 0 amide bonds. The zero-order chi connectivity index (χ0) is 19.8. The second kappa shape index (κ2) is 7.70. The summed E-state index contributed by atoms with van der Waals surface area (Å²) in [6.45, 7) is 0. The van der Waals surface area contributed by atoms with Crippen molar-refractivity contribution in [3.05, 3.63) is 72.0 Å². The highest BCUT2D eigenvalue weighted by Crippen LogP contribution is 2.59. The Kier molecular flexibility index (Phi) is 4.91. The molecular formula is C26H28O3. The van der Waals surface area contributed by atoms with Crippen molar-refractivity contribution in [3.8, 4) is 5.75 Å². The minimum absolute atomic E-state index is 0.325. The maximum atomic E-state index is 13.4. The van der Waals surface area contributed by atoms with Crippen molar-refractivity contribution >= 4 is 11.5 Å². The molecule has 4 aliphatic carbocycles. The molecule has 0 radical (unpaired) electrons. The lowest BCUT2D eigenvalue weighted by atomic mass is 9.51. The average Bonchev–Trinajstić information content (AvgIpc) is 2.73. The average molecular weight is 389 g/mol. The number of methoxy groups -OCH3 is 1. The minimum Gasteiger partial charge on any atom is -0.500 e. The van der Waals surface area contributed by atoms with Crippen LogP contribution in [0.3, 0.4) is 0 Å². The van der Waals surface area contributed by atoms with Gasteiger partial charge >= 0.3 is 5.97 Å². The van der Waals surface area contributed by atoms with Crippen LogP contribution in [0.25, 0.3) is 5.57 Å². The summed E-state index contributed by atoms with van der Waals surface area (Å²) >= 11 is 0. The molecule has 0 aliphatic heterocycles. The van der Waals surface area contributed by atoms with Gasteiger partial charge in [-0.25, -0.2) is 4.79 Å². The van der Waals surface area contributed by atoms with E-state index < -0.39 is 0 Å².